The van der Waals surface area contributed by atoms with Crippen molar-refractivity contribution in [3.8, 4) is 6.01 Å². The fourth-order valence-electron chi connectivity index (χ4n) is 1.11. The van der Waals surface area contributed by atoms with Gasteiger partial charge in [0.15, 0.2) is 0 Å². The van der Waals surface area contributed by atoms with Crippen LogP contribution in [0.5, 0.6) is 6.01 Å². The molecule has 0 aliphatic carbocycles. The highest BCUT2D eigenvalue weighted by Gasteiger charge is 2.08. The van der Waals surface area contributed by atoms with Gasteiger partial charge in [0.25, 0.3) is 0 Å². The predicted molar refractivity (Wildman–Crippen MR) is 54.7 cm³/mol. The molecule has 0 saturated carbocycles. The van der Waals surface area contributed by atoms with Crippen molar-refractivity contribution >= 4 is 0 Å². The Kier molecular flexibility index (Phi) is 4.45. The summed E-state index contributed by atoms with van der Waals surface area (Å²) < 4.78 is 5.27. The first-order valence-electron chi connectivity index (χ1n) is 4.82. The number of rotatable bonds is 5. The molecule has 0 amide bonds. The van der Waals surface area contributed by atoms with Gasteiger partial charge in [0.1, 0.15) is 0 Å². The zero-order valence-electron chi connectivity index (χ0n) is 8.97. The molecule has 0 saturated heterocycles. The van der Waals surface area contributed by atoms with E-state index in [2.05, 4.69) is 9.97 Å². The average Bonchev–Trinajstić information content (AvgIpc) is 2.18. The fourth-order valence-corrected chi connectivity index (χ4v) is 1.11. The Bertz CT molecular complexity index is 293. The molecule has 0 aliphatic rings. The summed E-state index contributed by atoms with van der Waals surface area (Å²) in [5.41, 5.74) is 1.67. The van der Waals surface area contributed by atoms with Crippen molar-refractivity contribution in [2.75, 3.05) is 19.8 Å². The van der Waals surface area contributed by atoms with Gasteiger partial charge in [-0.3, -0.25) is 0 Å². The van der Waals surface area contributed by atoms with Crippen molar-refractivity contribution in [1.82, 2.24) is 9.97 Å². The van der Waals surface area contributed by atoms with E-state index in [4.69, 9.17) is 14.9 Å². The van der Waals surface area contributed by atoms with Gasteiger partial charge in [0, 0.05) is 17.3 Å². The molecule has 1 aromatic rings. The van der Waals surface area contributed by atoms with Crippen molar-refractivity contribution in [2.24, 2.45) is 5.92 Å². The van der Waals surface area contributed by atoms with Crippen molar-refractivity contribution in [3.05, 3.63) is 17.5 Å². The predicted octanol–water partition coefficient (Wildman–Crippen LogP) is 0.0730. The molecule has 5 nitrogen and oxygen atoms in total. The van der Waals surface area contributed by atoms with Gasteiger partial charge in [0.05, 0.1) is 19.8 Å². The first-order chi connectivity index (χ1) is 7.15. The topological polar surface area (TPSA) is 75.5 Å². The van der Waals surface area contributed by atoms with E-state index in [-0.39, 0.29) is 25.7 Å². The van der Waals surface area contributed by atoms with Crippen LogP contribution in [0.2, 0.25) is 0 Å². The minimum Gasteiger partial charge on any atom is -0.463 e. The first-order valence-corrected chi connectivity index (χ1v) is 4.82. The SMILES string of the molecule is Cc1cc(C)nc(OCC(CO)CO)n1. The lowest BCUT2D eigenvalue weighted by molar-refractivity contribution is 0.102. The molecule has 2 N–H and O–H groups in total. The summed E-state index contributed by atoms with van der Waals surface area (Å²) in [7, 11) is 0. The maximum atomic E-state index is 8.83. The second-order valence-corrected chi connectivity index (χ2v) is 3.48. The lowest BCUT2D eigenvalue weighted by Gasteiger charge is -2.11. The summed E-state index contributed by atoms with van der Waals surface area (Å²) in [4.78, 5) is 8.16. The Morgan fingerprint density at radius 1 is 1.20 bits per heavy atom. The smallest absolute Gasteiger partial charge is 0.316 e. The Hall–Kier alpha value is -1.20. The number of ether oxygens (including phenoxy) is 1. The monoisotopic (exact) mass is 212 g/mol. The molecular formula is C10H16N2O3. The van der Waals surface area contributed by atoms with Gasteiger partial charge in [0.2, 0.25) is 0 Å². The zero-order valence-corrected chi connectivity index (χ0v) is 8.97. The van der Waals surface area contributed by atoms with E-state index < -0.39 is 0 Å². The Labute approximate surface area is 88.8 Å². The number of hydrogen-bond donors (Lipinski definition) is 2. The second kappa shape index (κ2) is 5.63. The minimum atomic E-state index is -0.283. The Morgan fingerprint density at radius 3 is 2.20 bits per heavy atom. The molecule has 0 spiro atoms. The summed E-state index contributed by atoms with van der Waals surface area (Å²) >= 11 is 0. The highest BCUT2D eigenvalue weighted by molar-refractivity contribution is 5.10. The van der Waals surface area contributed by atoms with Crippen LogP contribution in [0, 0.1) is 19.8 Å². The van der Waals surface area contributed by atoms with Gasteiger partial charge < -0.3 is 14.9 Å². The minimum absolute atomic E-state index is 0.110. The van der Waals surface area contributed by atoms with Gasteiger partial charge >= 0.3 is 6.01 Å². The Balaban J connectivity index is 2.57. The van der Waals surface area contributed by atoms with E-state index >= 15 is 0 Å². The molecular weight excluding hydrogens is 196 g/mol. The van der Waals surface area contributed by atoms with Gasteiger partial charge in [-0.2, -0.15) is 0 Å². The van der Waals surface area contributed by atoms with Gasteiger partial charge in [-0.05, 0) is 19.9 Å². The van der Waals surface area contributed by atoms with E-state index in [0.717, 1.165) is 11.4 Å². The summed E-state index contributed by atoms with van der Waals surface area (Å²) in [5.74, 6) is -0.283. The number of aryl methyl sites for hydroxylation is 2. The maximum absolute atomic E-state index is 8.83. The van der Waals surface area contributed by atoms with Crippen molar-refractivity contribution < 1.29 is 14.9 Å². The first kappa shape index (κ1) is 11.9. The average molecular weight is 212 g/mol. The number of aliphatic hydroxyl groups is 2. The van der Waals surface area contributed by atoms with Crippen LogP contribution in [0.25, 0.3) is 0 Å². The highest BCUT2D eigenvalue weighted by atomic mass is 16.5. The molecule has 15 heavy (non-hydrogen) atoms. The van der Waals surface area contributed by atoms with Crippen molar-refractivity contribution in [3.63, 3.8) is 0 Å². The van der Waals surface area contributed by atoms with Crippen LogP contribution in [0.3, 0.4) is 0 Å². The van der Waals surface area contributed by atoms with Crippen LogP contribution >= 0.6 is 0 Å². The highest BCUT2D eigenvalue weighted by Crippen LogP contribution is 2.07. The number of aromatic nitrogens is 2. The lowest BCUT2D eigenvalue weighted by Crippen LogP contribution is -2.20. The van der Waals surface area contributed by atoms with E-state index in [9.17, 15) is 0 Å². The third-order valence-corrected chi connectivity index (χ3v) is 1.93. The van der Waals surface area contributed by atoms with Crippen molar-refractivity contribution in [2.45, 2.75) is 13.8 Å². The van der Waals surface area contributed by atoms with Gasteiger partial charge in [-0.1, -0.05) is 0 Å². The number of hydrogen-bond acceptors (Lipinski definition) is 5. The van der Waals surface area contributed by atoms with Crippen molar-refractivity contribution in [1.29, 1.82) is 0 Å². The van der Waals surface area contributed by atoms with Gasteiger partial charge in [-0.15, -0.1) is 0 Å². The summed E-state index contributed by atoms with van der Waals surface area (Å²) in [6.07, 6.45) is 0. The fraction of sp³-hybridized carbons (Fsp3) is 0.600. The summed E-state index contributed by atoms with van der Waals surface area (Å²) in [6, 6.07) is 2.14. The molecule has 0 bridgehead atoms. The molecule has 0 aromatic carbocycles. The van der Waals surface area contributed by atoms with Gasteiger partial charge in [-0.25, -0.2) is 9.97 Å². The normalized spacial score (nSPS) is 10.7. The second-order valence-electron chi connectivity index (χ2n) is 3.48. The van der Waals surface area contributed by atoms with Crippen LogP contribution in [-0.4, -0.2) is 40.0 Å². The Morgan fingerprint density at radius 2 is 1.73 bits per heavy atom. The molecule has 0 unspecified atom stereocenters. The van der Waals surface area contributed by atoms with Crippen LogP contribution in [0.15, 0.2) is 6.07 Å². The van der Waals surface area contributed by atoms with Crippen LogP contribution < -0.4 is 4.74 Å². The summed E-state index contributed by atoms with van der Waals surface area (Å²) in [5, 5.41) is 17.7. The summed E-state index contributed by atoms with van der Waals surface area (Å²) in [6.45, 7) is 3.71. The standard InChI is InChI=1S/C10H16N2O3/c1-7-3-8(2)12-10(11-7)15-6-9(4-13)5-14/h3,9,13-14H,4-6H2,1-2H3. The lowest BCUT2D eigenvalue weighted by atomic mass is 10.2. The van der Waals surface area contributed by atoms with Crippen LogP contribution in [0.4, 0.5) is 0 Å². The van der Waals surface area contributed by atoms with E-state index in [1.54, 1.807) is 0 Å². The number of nitrogens with zero attached hydrogens (tertiary/aromatic N) is 2. The molecule has 1 aromatic heterocycles. The van der Waals surface area contributed by atoms with E-state index in [1.807, 2.05) is 19.9 Å². The molecule has 1 rings (SSSR count). The maximum Gasteiger partial charge on any atom is 0.316 e. The van der Waals surface area contributed by atoms with E-state index in [1.165, 1.54) is 0 Å². The molecule has 1 heterocycles. The molecule has 5 heteroatoms. The third kappa shape index (κ3) is 3.81. The quantitative estimate of drug-likeness (QED) is 0.722. The third-order valence-electron chi connectivity index (χ3n) is 1.93. The van der Waals surface area contributed by atoms with Crippen LogP contribution in [0.1, 0.15) is 11.4 Å². The molecule has 0 radical (unpaired) electrons. The largest absolute Gasteiger partial charge is 0.463 e. The molecule has 0 aliphatic heterocycles. The van der Waals surface area contributed by atoms with E-state index in [0.29, 0.717) is 6.01 Å². The molecule has 0 atom stereocenters. The molecule has 84 valence electrons. The van der Waals surface area contributed by atoms with Crippen LogP contribution in [-0.2, 0) is 0 Å². The number of aliphatic hydroxyl groups excluding tert-OH is 2. The zero-order chi connectivity index (χ0) is 11.3. The molecule has 0 fully saturated rings.